The molecule has 9 nitrogen and oxygen atoms in total. The molecule has 0 aliphatic rings. The van der Waals surface area contributed by atoms with Crippen LogP contribution < -0.4 is 20.1 Å². The summed E-state index contributed by atoms with van der Waals surface area (Å²) in [6.07, 6.45) is 4.91. The van der Waals surface area contributed by atoms with E-state index in [1.807, 2.05) is 44.2 Å². The Balaban J connectivity index is 1.54. The van der Waals surface area contributed by atoms with Crippen LogP contribution in [0.2, 0.25) is 0 Å². The van der Waals surface area contributed by atoms with E-state index in [1.54, 1.807) is 25.5 Å². The van der Waals surface area contributed by atoms with Gasteiger partial charge in [-0.05, 0) is 31.5 Å². The molecule has 1 amide bonds. The van der Waals surface area contributed by atoms with Crippen molar-refractivity contribution in [2.75, 3.05) is 32.1 Å². The minimum absolute atomic E-state index is 0.108. The standard InChI is InChI=1S/C27H30N6O3/c1-5-35-23-12-18(15-31-27(23)36-6-2)22-13-24(33-16-32-22)30-14-17(3)19-8-7-9-20-21(26(34)28-4)10-11-29-25(19)20/h7-13,15-17H,5-6,14H2,1-4H3,(H,28,34)(H,30,32,33)/t17-/m1/s1. The van der Waals surface area contributed by atoms with Crippen LogP contribution in [0.4, 0.5) is 5.82 Å². The first-order valence-corrected chi connectivity index (χ1v) is 12.0. The molecular formula is C27H30N6O3. The Hall–Kier alpha value is -4.27. The van der Waals surface area contributed by atoms with E-state index in [1.165, 1.54) is 6.33 Å². The van der Waals surface area contributed by atoms with Crippen LogP contribution >= 0.6 is 0 Å². The molecule has 0 spiro atoms. The van der Waals surface area contributed by atoms with Gasteiger partial charge < -0.3 is 20.1 Å². The van der Waals surface area contributed by atoms with Gasteiger partial charge in [-0.1, -0.05) is 25.1 Å². The number of para-hydroxylation sites is 1. The van der Waals surface area contributed by atoms with Crippen LogP contribution in [-0.4, -0.2) is 52.6 Å². The Morgan fingerprint density at radius 1 is 1.03 bits per heavy atom. The molecule has 186 valence electrons. The normalized spacial score (nSPS) is 11.7. The largest absolute Gasteiger partial charge is 0.488 e. The maximum Gasteiger partial charge on any atom is 0.257 e. The summed E-state index contributed by atoms with van der Waals surface area (Å²) in [7, 11) is 1.63. The average molecular weight is 487 g/mol. The van der Waals surface area contributed by atoms with E-state index in [0.717, 1.165) is 27.7 Å². The summed E-state index contributed by atoms with van der Waals surface area (Å²) in [6, 6.07) is 11.4. The third kappa shape index (κ3) is 5.35. The van der Waals surface area contributed by atoms with E-state index < -0.39 is 0 Å². The summed E-state index contributed by atoms with van der Waals surface area (Å²) in [5.41, 5.74) is 4.01. The van der Waals surface area contributed by atoms with Gasteiger partial charge in [0, 0.05) is 48.9 Å². The third-order valence-electron chi connectivity index (χ3n) is 5.76. The fraction of sp³-hybridized carbons (Fsp3) is 0.296. The number of carbonyl (C=O) groups excluding carboxylic acids is 1. The Morgan fingerprint density at radius 2 is 1.86 bits per heavy atom. The Morgan fingerprint density at radius 3 is 2.64 bits per heavy atom. The number of ether oxygens (including phenoxy) is 2. The highest BCUT2D eigenvalue weighted by Gasteiger charge is 2.16. The fourth-order valence-corrected chi connectivity index (χ4v) is 3.98. The fourth-order valence-electron chi connectivity index (χ4n) is 3.98. The van der Waals surface area contributed by atoms with Gasteiger partial charge in [-0.15, -0.1) is 0 Å². The number of anilines is 1. The topological polar surface area (TPSA) is 111 Å². The van der Waals surface area contributed by atoms with Gasteiger partial charge in [-0.25, -0.2) is 15.0 Å². The van der Waals surface area contributed by atoms with E-state index in [-0.39, 0.29) is 11.8 Å². The van der Waals surface area contributed by atoms with Crippen molar-refractivity contribution < 1.29 is 14.3 Å². The first-order valence-electron chi connectivity index (χ1n) is 12.0. The molecule has 0 saturated carbocycles. The number of hydrogen-bond acceptors (Lipinski definition) is 8. The number of nitrogens with zero attached hydrogens (tertiary/aromatic N) is 4. The molecule has 4 aromatic rings. The molecule has 0 fully saturated rings. The van der Waals surface area contributed by atoms with Gasteiger partial charge in [-0.2, -0.15) is 0 Å². The molecule has 36 heavy (non-hydrogen) atoms. The van der Waals surface area contributed by atoms with E-state index in [0.29, 0.717) is 42.8 Å². The summed E-state index contributed by atoms with van der Waals surface area (Å²) in [4.78, 5) is 30.1. The zero-order chi connectivity index (χ0) is 25.5. The van der Waals surface area contributed by atoms with E-state index in [4.69, 9.17) is 9.47 Å². The smallest absolute Gasteiger partial charge is 0.257 e. The Kier molecular flexibility index (Phi) is 7.89. The van der Waals surface area contributed by atoms with Gasteiger partial charge in [-0.3, -0.25) is 9.78 Å². The minimum atomic E-state index is -0.130. The molecule has 3 aromatic heterocycles. The van der Waals surface area contributed by atoms with Crippen LogP contribution in [-0.2, 0) is 0 Å². The number of amides is 1. The molecule has 0 aliphatic heterocycles. The second kappa shape index (κ2) is 11.4. The van der Waals surface area contributed by atoms with E-state index in [9.17, 15) is 4.79 Å². The van der Waals surface area contributed by atoms with Crippen LogP contribution in [0.1, 0.15) is 42.6 Å². The highest BCUT2D eigenvalue weighted by molar-refractivity contribution is 6.06. The van der Waals surface area contributed by atoms with Crippen molar-refractivity contribution in [2.24, 2.45) is 0 Å². The Bertz CT molecular complexity index is 1360. The highest BCUT2D eigenvalue weighted by Crippen LogP contribution is 2.31. The highest BCUT2D eigenvalue weighted by atomic mass is 16.5. The predicted octanol–water partition coefficient (Wildman–Crippen LogP) is 4.46. The van der Waals surface area contributed by atoms with Crippen molar-refractivity contribution in [3.63, 3.8) is 0 Å². The van der Waals surface area contributed by atoms with Crippen molar-refractivity contribution in [1.82, 2.24) is 25.3 Å². The number of benzene rings is 1. The monoisotopic (exact) mass is 486 g/mol. The summed E-state index contributed by atoms with van der Waals surface area (Å²) in [5.74, 6) is 1.72. The molecule has 0 radical (unpaired) electrons. The lowest BCUT2D eigenvalue weighted by atomic mass is 9.96. The van der Waals surface area contributed by atoms with Gasteiger partial charge in [0.1, 0.15) is 12.1 Å². The molecule has 9 heteroatoms. The molecule has 0 unspecified atom stereocenters. The Labute approximate surface area is 210 Å². The SMILES string of the molecule is CCOc1cc(-c2cc(NC[C@@H](C)c3cccc4c(C(=O)NC)ccnc34)ncn2)cnc1OCC. The van der Waals surface area contributed by atoms with Crippen LogP contribution in [0.5, 0.6) is 11.6 Å². The molecule has 0 saturated heterocycles. The maximum atomic E-state index is 12.3. The quantitative estimate of drug-likeness (QED) is 0.338. The van der Waals surface area contributed by atoms with Crippen LogP contribution in [0.3, 0.4) is 0 Å². The van der Waals surface area contributed by atoms with Crippen molar-refractivity contribution in [3.05, 3.63) is 66.2 Å². The molecule has 0 bridgehead atoms. The predicted molar refractivity (Wildman–Crippen MR) is 140 cm³/mol. The zero-order valence-electron chi connectivity index (χ0n) is 20.9. The molecule has 1 aromatic carbocycles. The first-order chi connectivity index (χ1) is 17.5. The van der Waals surface area contributed by atoms with Gasteiger partial charge in [0.05, 0.1) is 30.0 Å². The van der Waals surface area contributed by atoms with Gasteiger partial charge in [0.2, 0.25) is 0 Å². The number of aromatic nitrogens is 4. The minimum Gasteiger partial charge on any atom is -0.488 e. The first kappa shape index (κ1) is 24.8. The van der Waals surface area contributed by atoms with Gasteiger partial charge in [0.25, 0.3) is 11.8 Å². The summed E-state index contributed by atoms with van der Waals surface area (Å²) in [5, 5.41) is 6.93. The average Bonchev–Trinajstić information content (AvgIpc) is 2.92. The van der Waals surface area contributed by atoms with Crippen molar-refractivity contribution in [1.29, 1.82) is 0 Å². The van der Waals surface area contributed by atoms with Gasteiger partial charge >= 0.3 is 0 Å². The lowest BCUT2D eigenvalue weighted by Crippen LogP contribution is -2.18. The van der Waals surface area contributed by atoms with Gasteiger partial charge in [0.15, 0.2) is 5.75 Å². The molecule has 3 heterocycles. The molecule has 0 aliphatic carbocycles. The van der Waals surface area contributed by atoms with Crippen LogP contribution in [0, 0.1) is 0 Å². The second-order valence-electron chi connectivity index (χ2n) is 8.14. The number of hydrogen-bond donors (Lipinski definition) is 2. The van der Waals surface area contributed by atoms with E-state index in [2.05, 4.69) is 37.5 Å². The summed E-state index contributed by atoms with van der Waals surface area (Å²) >= 11 is 0. The molecule has 1 atom stereocenters. The molecule has 4 rings (SSSR count). The van der Waals surface area contributed by atoms with Crippen molar-refractivity contribution in [3.8, 4) is 22.9 Å². The lowest BCUT2D eigenvalue weighted by molar-refractivity contribution is 0.0964. The lowest BCUT2D eigenvalue weighted by Gasteiger charge is -2.16. The number of carbonyl (C=O) groups is 1. The maximum absolute atomic E-state index is 12.3. The van der Waals surface area contributed by atoms with Crippen molar-refractivity contribution >= 4 is 22.6 Å². The van der Waals surface area contributed by atoms with E-state index >= 15 is 0 Å². The third-order valence-corrected chi connectivity index (χ3v) is 5.76. The number of rotatable bonds is 10. The number of fused-ring (bicyclic) bond motifs is 1. The van der Waals surface area contributed by atoms with Crippen LogP contribution in [0.15, 0.2) is 55.1 Å². The molecule has 2 N–H and O–H groups in total. The molecular weight excluding hydrogens is 456 g/mol. The second-order valence-corrected chi connectivity index (χ2v) is 8.14. The number of nitrogens with one attached hydrogen (secondary N) is 2. The summed E-state index contributed by atoms with van der Waals surface area (Å²) < 4.78 is 11.3. The zero-order valence-corrected chi connectivity index (χ0v) is 20.9. The number of pyridine rings is 2. The van der Waals surface area contributed by atoms with Crippen LogP contribution in [0.25, 0.3) is 22.2 Å². The summed E-state index contributed by atoms with van der Waals surface area (Å²) in [6.45, 7) is 7.57. The van der Waals surface area contributed by atoms with Crippen molar-refractivity contribution in [2.45, 2.75) is 26.7 Å².